The molecular weight excluding hydrogens is 426 g/mol. The standard InChI is InChI=1S/C25H20ClN3O3/c1-15-3-13-21(14-4-15)29-24(31)22(17-5-7-18(26)8-6-17)23(25(29)32)28-20-11-9-19(10-12-20)27-16(2)30/h3-14,28H,1-2H3,(H,27,30). The molecule has 0 saturated carbocycles. The van der Waals surface area contributed by atoms with Gasteiger partial charge in [0.05, 0.1) is 11.3 Å². The first-order chi connectivity index (χ1) is 15.3. The zero-order valence-corrected chi connectivity index (χ0v) is 18.2. The van der Waals surface area contributed by atoms with Gasteiger partial charge in [-0.3, -0.25) is 14.4 Å². The third-order valence-electron chi connectivity index (χ3n) is 4.98. The molecule has 0 bridgehead atoms. The van der Waals surface area contributed by atoms with E-state index in [2.05, 4.69) is 10.6 Å². The summed E-state index contributed by atoms with van der Waals surface area (Å²) < 4.78 is 0. The molecule has 3 amide bonds. The molecule has 0 aliphatic carbocycles. The second kappa shape index (κ2) is 8.69. The maximum absolute atomic E-state index is 13.4. The van der Waals surface area contributed by atoms with Gasteiger partial charge in [0.15, 0.2) is 0 Å². The highest BCUT2D eigenvalue weighted by Crippen LogP contribution is 2.34. The van der Waals surface area contributed by atoms with Crippen LogP contribution in [0.4, 0.5) is 17.1 Å². The van der Waals surface area contributed by atoms with Crippen molar-refractivity contribution < 1.29 is 14.4 Å². The molecule has 160 valence electrons. The lowest BCUT2D eigenvalue weighted by molar-refractivity contribution is -0.120. The number of hydrogen-bond donors (Lipinski definition) is 2. The summed E-state index contributed by atoms with van der Waals surface area (Å²) in [5.74, 6) is -1.04. The fourth-order valence-electron chi connectivity index (χ4n) is 3.44. The van der Waals surface area contributed by atoms with Crippen molar-refractivity contribution in [3.63, 3.8) is 0 Å². The van der Waals surface area contributed by atoms with Gasteiger partial charge in [-0.25, -0.2) is 4.90 Å². The molecule has 1 aliphatic heterocycles. The molecule has 3 aromatic rings. The molecule has 0 aromatic heterocycles. The molecule has 4 rings (SSSR count). The molecule has 2 N–H and O–H groups in total. The van der Waals surface area contributed by atoms with Crippen LogP contribution in [0.1, 0.15) is 18.1 Å². The molecule has 0 radical (unpaired) electrons. The van der Waals surface area contributed by atoms with Crippen LogP contribution in [0.15, 0.2) is 78.5 Å². The van der Waals surface area contributed by atoms with Crippen molar-refractivity contribution in [1.29, 1.82) is 0 Å². The molecule has 32 heavy (non-hydrogen) atoms. The SMILES string of the molecule is CC(=O)Nc1ccc(NC2=C(c3ccc(Cl)cc3)C(=O)N(c3ccc(C)cc3)C2=O)cc1. The van der Waals surface area contributed by atoms with E-state index in [4.69, 9.17) is 11.6 Å². The van der Waals surface area contributed by atoms with Crippen LogP contribution in [0.25, 0.3) is 5.57 Å². The largest absolute Gasteiger partial charge is 0.350 e. The van der Waals surface area contributed by atoms with Crippen molar-refractivity contribution in [2.45, 2.75) is 13.8 Å². The first-order valence-corrected chi connectivity index (χ1v) is 10.3. The summed E-state index contributed by atoms with van der Waals surface area (Å²) in [5, 5.41) is 6.32. The molecule has 0 fully saturated rings. The Hall–Kier alpha value is -3.90. The summed E-state index contributed by atoms with van der Waals surface area (Å²) in [6.45, 7) is 3.37. The van der Waals surface area contributed by atoms with E-state index in [1.807, 2.05) is 19.1 Å². The first kappa shape index (κ1) is 21.3. The second-order valence-electron chi connectivity index (χ2n) is 7.42. The minimum atomic E-state index is -0.449. The van der Waals surface area contributed by atoms with E-state index in [1.165, 1.54) is 6.92 Å². The van der Waals surface area contributed by atoms with Gasteiger partial charge >= 0.3 is 0 Å². The number of benzene rings is 3. The van der Waals surface area contributed by atoms with Crippen LogP contribution in [0.3, 0.4) is 0 Å². The maximum Gasteiger partial charge on any atom is 0.282 e. The van der Waals surface area contributed by atoms with Crippen LogP contribution in [-0.4, -0.2) is 17.7 Å². The minimum Gasteiger partial charge on any atom is -0.350 e. The third kappa shape index (κ3) is 4.26. The molecule has 0 atom stereocenters. The number of amides is 3. The normalized spacial score (nSPS) is 13.5. The van der Waals surface area contributed by atoms with Crippen LogP contribution >= 0.6 is 11.6 Å². The van der Waals surface area contributed by atoms with Gasteiger partial charge in [0.2, 0.25) is 5.91 Å². The molecule has 0 spiro atoms. The zero-order chi connectivity index (χ0) is 22.8. The highest BCUT2D eigenvalue weighted by atomic mass is 35.5. The Morgan fingerprint density at radius 3 is 2.00 bits per heavy atom. The van der Waals surface area contributed by atoms with Crippen molar-refractivity contribution in [3.8, 4) is 0 Å². The molecule has 1 aliphatic rings. The predicted octanol–water partition coefficient (Wildman–Crippen LogP) is 5.00. The molecule has 3 aromatic carbocycles. The van der Waals surface area contributed by atoms with E-state index in [0.29, 0.717) is 27.6 Å². The molecular formula is C25H20ClN3O3. The Balaban J connectivity index is 1.74. The summed E-state index contributed by atoms with van der Waals surface area (Å²) in [7, 11) is 0. The number of halogens is 1. The average Bonchev–Trinajstić information content (AvgIpc) is 3.00. The van der Waals surface area contributed by atoms with Crippen LogP contribution < -0.4 is 15.5 Å². The van der Waals surface area contributed by atoms with Crippen molar-refractivity contribution in [2.24, 2.45) is 0 Å². The molecule has 0 saturated heterocycles. The van der Waals surface area contributed by atoms with E-state index in [0.717, 1.165) is 10.5 Å². The topological polar surface area (TPSA) is 78.5 Å². The van der Waals surface area contributed by atoms with E-state index in [9.17, 15) is 14.4 Å². The van der Waals surface area contributed by atoms with Crippen LogP contribution in [0.2, 0.25) is 5.02 Å². The molecule has 1 heterocycles. The molecule has 7 heteroatoms. The van der Waals surface area contributed by atoms with E-state index < -0.39 is 11.8 Å². The van der Waals surface area contributed by atoms with Gasteiger partial charge in [-0.2, -0.15) is 0 Å². The Morgan fingerprint density at radius 1 is 0.812 bits per heavy atom. The summed E-state index contributed by atoms with van der Waals surface area (Å²) in [5.41, 5.74) is 3.77. The number of carbonyl (C=O) groups excluding carboxylic acids is 3. The predicted molar refractivity (Wildman–Crippen MR) is 126 cm³/mol. The quantitative estimate of drug-likeness (QED) is 0.541. The Kier molecular flexibility index (Phi) is 5.79. The number of hydrogen-bond acceptors (Lipinski definition) is 4. The zero-order valence-electron chi connectivity index (χ0n) is 17.5. The number of nitrogens with one attached hydrogen (secondary N) is 2. The monoisotopic (exact) mass is 445 g/mol. The number of carbonyl (C=O) groups is 3. The second-order valence-corrected chi connectivity index (χ2v) is 7.86. The first-order valence-electron chi connectivity index (χ1n) is 9.94. The van der Waals surface area contributed by atoms with Gasteiger partial charge in [0.25, 0.3) is 11.8 Å². The van der Waals surface area contributed by atoms with Crippen molar-refractivity contribution >= 4 is 52.0 Å². The summed E-state index contributed by atoms with van der Waals surface area (Å²) in [6, 6.07) is 20.8. The molecule has 6 nitrogen and oxygen atoms in total. The lowest BCUT2D eigenvalue weighted by atomic mass is 10.0. The van der Waals surface area contributed by atoms with E-state index in [1.54, 1.807) is 60.7 Å². The summed E-state index contributed by atoms with van der Waals surface area (Å²) >= 11 is 6.02. The minimum absolute atomic E-state index is 0.171. The van der Waals surface area contributed by atoms with Gasteiger partial charge in [-0.05, 0) is 61.0 Å². The lowest BCUT2D eigenvalue weighted by Crippen LogP contribution is -2.32. The van der Waals surface area contributed by atoms with E-state index >= 15 is 0 Å². The van der Waals surface area contributed by atoms with Gasteiger partial charge in [0, 0.05) is 23.3 Å². The van der Waals surface area contributed by atoms with Gasteiger partial charge in [-0.15, -0.1) is 0 Å². The fourth-order valence-corrected chi connectivity index (χ4v) is 3.57. The maximum atomic E-state index is 13.4. The van der Waals surface area contributed by atoms with Crippen LogP contribution in [-0.2, 0) is 14.4 Å². The smallest absolute Gasteiger partial charge is 0.282 e. The van der Waals surface area contributed by atoms with Gasteiger partial charge in [-0.1, -0.05) is 41.4 Å². The Bertz CT molecular complexity index is 1230. The van der Waals surface area contributed by atoms with E-state index in [-0.39, 0.29) is 17.2 Å². The summed E-state index contributed by atoms with van der Waals surface area (Å²) in [4.78, 5) is 39.2. The summed E-state index contributed by atoms with van der Waals surface area (Å²) in [6.07, 6.45) is 0. The number of anilines is 3. The number of nitrogens with zero attached hydrogens (tertiary/aromatic N) is 1. The highest BCUT2D eigenvalue weighted by molar-refractivity contribution is 6.46. The van der Waals surface area contributed by atoms with Crippen molar-refractivity contribution in [2.75, 3.05) is 15.5 Å². The number of rotatable bonds is 5. The van der Waals surface area contributed by atoms with Crippen molar-refractivity contribution in [1.82, 2.24) is 0 Å². The van der Waals surface area contributed by atoms with Crippen LogP contribution in [0, 0.1) is 6.92 Å². The third-order valence-corrected chi connectivity index (χ3v) is 5.24. The van der Waals surface area contributed by atoms with Gasteiger partial charge in [0.1, 0.15) is 5.70 Å². The van der Waals surface area contributed by atoms with Crippen LogP contribution in [0.5, 0.6) is 0 Å². The number of aryl methyl sites for hydroxylation is 1. The van der Waals surface area contributed by atoms with Crippen molar-refractivity contribution in [3.05, 3.63) is 94.6 Å². The highest BCUT2D eigenvalue weighted by Gasteiger charge is 2.40. The Labute approximate surface area is 190 Å². The average molecular weight is 446 g/mol. The lowest BCUT2D eigenvalue weighted by Gasteiger charge is -2.15. The van der Waals surface area contributed by atoms with Gasteiger partial charge < -0.3 is 10.6 Å². The molecule has 0 unspecified atom stereocenters. The number of imide groups is 1. The fraction of sp³-hybridized carbons (Fsp3) is 0.0800. The Morgan fingerprint density at radius 2 is 1.41 bits per heavy atom.